The van der Waals surface area contributed by atoms with E-state index in [2.05, 4.69) is 5.16 Å². The van der Waals surface area contributed by atoms with Crippen LogP contribution in [0.3, 0.4) is 0 Å². The van der Waals surface area contributed by atoms with Gasteiger partial charge < -0.3 is 14.7 Å². The fraction of sp³-hybridized carbons (Fsp3) is 0.133. The summed E-state index contributed by atoms with van der Waals surface area (Å²) in [6.07, 6.45) is 1.33. The highest BCUT2D eigenvalue weighted by Gasteiger charge is 2.05. The first-order chi connectivity index (χ1) is 9.72. The van der Waals surface area contributed by atoms with Crippen LogP contribution < -0.4 is 9.47 Å². The van der Waals surface area contributed by atoms with E-state index < -0.39 is 0 Å². The Kier molecular flexibility index (Phi) is 4.85. The van der Waals surface area contributed by atoms with Crippen molar-refractivity contribution in [3.63, 3.8) is 0 Å². The molecule has 1 N–H and O–H groups in total. The monoisotopic (exact) mass is 291 g/mol. The maximum Gasteiger partial charge on any atom is 0.162 e. The zero-order chi connectivity index (χ0) is 14.4. The van der Waals surface area contributed by atoms with Crippen LogP contribution >= 0.6 is 11.6 Å². The number of rotatable bonds is 5. The van der Waals surface area contributed by atoms with Crippen LogP contribution in [0.15, 0.2) is 47.6 Å². The topological polar surface area (TPSA) is 51.0 Å². The minimum atomic E-state index is 0.396. The Balaban J connectivity index is 2.14. The molecule has 0 aliphatic rings. The maximum atomic E-state index is 8.56. The lowest BCUT2D eigenvalue weighted by Crippen LogP contribution is -1.98. The van der Waals surface area contributed by atoms with Crippen molar-refractivity contribution in [1.29, 1.82) is 0 Å². The molecule has 4 nitrogen and oxygen atoms in total. The van der Waals surface area contributed by atoms with Crippen molar-refractivity contribution < 1.29 is 14.7 Å². The predicted molar refractivity (Wildman–Crippen MR) is 78.2 cm³/mol. The molecule has 5 heteroatoms. The second kappa shape index (κ2) is 6.82. The smallest absolute Gasteiger partial charge is 0.162 e. The minimum Gasteiger partial charge on any atom is -0.493 e. The van der Waals surface area contributed by atoms with Gasteiger partial charge in [-0.3, -0.25) is 0 Å². The molecular formula is C15H14ClNO3. The first-order valence-electron chi connectivity index (χ1n) is 5.95. The van der Waals surface area contributed by atoms with Gasteiger partial charge in [-0.15, -0.1) is 0 Å². The average Bonchev–Trinajstić information content (AvgIpc) is 2.47. The molecule has 0 spiro atoms. The fourth-order valence-corrected chi connectivity index (χ4v) is 1.82. The summed E-state index contributed by atoms with van der Waals surface area (Å²) in [5, 5.41) is 12.2. The maximum absolute atomic E-state index is 8.56. The lowest BCUT2D eigenvalue weighted by atomic mass is 10.2. The molecule has 0 heterocycles. The molecular weight excluding hydrogens is 278 g/mol. The number of methoxy groups -OCH3 is 1. The van der Waals surface area contributed by atoms with Crippen LogP contribution in [0.5, 0.6) is 11.5 Å². The van der Waals surface area contributed by atoms with Gasteiger partial charge in [-0.05, 0) is 35.9 Å². The van der Waals surface area contributed by atoms with Gasteiger partial charge in [-0.2, -0.15) is 0 Å². The standard InChI is InChI=1S/C15H14ClNO3/c1-19-14-7-4-12(9-17-18)8-15(14)20-10-11-2-5-13(16)6-3-11/h2-9,18H,10H2,1H3/b17-9-. The largest absolute Gasteiger partial charge is 0.493 e. The molecule has 0 atom stereocenters. The summed E-state index contributed by atoms with van der Waals surface area (Å²) >= 11 is 5.83. The Hall–Kier alpha value is -2.20. The van der Waals surface area contributed by atoms with E-state index >= 15 is 0 Å². The van der Waals surface area contributed by atoms with Gasteiger partial charge in [0.25, 0.3) is 0 Å². The van der Waals surface area contributed by atoms with Gasteiger partial charge in [-0.25, -0.2) is 0 Å². The molecule has 0 saturated heterocycles. The lowest BCUT2D eigenvalue weighted by Gasteiger charge is -2.11. The molecule has 0 fully saturated rings. The van der Waals surface area contributed by atoms with Crippen LogP contribution in [0, 0.1) is 0 Å². The zero-order valence-corrected chi connectivity index (χ0v) is 11.7. The molecule has 0 aromatic heterocycles. The molecule has 2 aromatic rings. The molecule has 0 radical (unpaired) electrons. The van der Waals surface area contributed by atoms with E-state index in [1.807, 2.05) is 24.3 Å². The van der Waals surface area contributed by atoms with Gasteiger partial charge in [-0.1, -0.05) is 28.9 Å². The highest BCUT2D eigenvalue weighted by Crippen LogP contribution is 2.28. The number of ether oxygens (including phenoxy) is 2. The molecule has 20 heavy (non-hydrogen) atoms. The van der Waals surface area contributed by atoms with Crippen LogP contribution in [-0.2, 0) is 6.61 Å². The number of benzene rings is 2. The summed E-state index contributed by atoms with van der Waals surface area (Å²) in [6, 6.07) is 12.7. The molecule has 0 saturated carbocycles. The molecule has 2 rings (SSSR count). The third-order valence-corrected chi connectivity index (χ3v) is 2.95. The highest BCUT2D eigenvalue weighted by molar-refractivity contribution is 6.30. The Labute approximate surface area is 122 Å². The molecule has 2 aromatic carbocycles. The van der Waals surface area contributed by atoms with E-state index in [-0.39, 0.29) is 0 Å². The molecule has 0 aliphatic carbocycles. The highest BCUT2D eigenvalue weighted by atomic mass is 35.5. The van der Waals surface area contributed by atoms with E-state index in [9.17, 15) is 0 Å². The number of oxime groups is 1. The van der Waals surface area contributed by atoms with Gasteiger partial charge in [0.15, 0.2) is 11.5 Å². The second-order valence-corrected chi connectivity index (χ2v) is 4.51. The third-order valence-electron chi connectivity index (χ3n) is 2.70. The zero-order valence-electron chi connectivity index (χ0n) is 10.9. The Bertz CT molecular complexity index is 597. The van der Waals surface area contributed by atoms with E-state index in [0.717, 1.165) is 11.1 Å². The van der Waals surface area contributed by atoms with Gasteiger partial charge in [0.1, 0.15) is 6.61 Å². The molecule has 0 unspecified atom stereocenters. The minimum absolute atomic E-state index is 0.396. The summed E-state index contributed by atoms with van der Waals surface area (Å²) in [5.41, 5.74) is 1.72. The number of hydrogen-bond donors (Lipinski definition) is 1. The normalized spacial score (nSPS) is 10.7. The molecule has 0 amide bonds. The van der Waals surface area contributed by atoms with E-state index in [4.69, 9.17) is 26.3 Å². The van der Waals surface area contributed by atoms with Gasteiger partial charge in [0, 0.05) is 10.6 Å². The van der Waals surface area contributed by atoms with E-state index in [0.29, 0.717) is 23.1 Å². The van der Waals surface area contributed by atoms with Crippen molar-refractivity contribution in [3.05, 3.63) is 58.6 Å². The molecule has 104 valence electrons. The van der Waals surface area contributed by atoms with Gasteiger partial charge in [0.05, 0.1) is 13.3 Å². The summed E-state index contributed by atoms with van der Waals surface area (Å²) in [7, 11) is 1.57. The van der Waals surface area contributed by atoms with E-state index in [1.165, 1.54) is 6.21 Å². The van der Waals surface area contributed by atoms with Crippen LogP contribution in [0.25, 0.3) is 0 Å². The van der Waals surface area contributed by atoms with Crippen molar-refractivity contribution in [2.24, 2.45) is 5.16 Å². The van der Waals surface area contributed by atoms with Crippen LogP contribution in [-0.4, -0.2) is 18.5 Å². The Morgan fingerprint density at radius 1 is 1.15 bits per heavy atom. The molecule has 0 bridgehead atoms. The third kappa shape index (κ3) is 3.65. The van der Waals surface area contributed by atoms with Crippen molar-refractivity contribution >= 4 is 17.8 Å². The summed E-state index contributed by atoms with van der Waals surface area (Å²) in [4.78, 5) is 0. The summed E-state index contributed by atoms with van der Waals surface area (Å²) in [6.45, 7) is 0.396. The number of halogens is 1. The number of hydrogen-bond acceptors (Lipinski definition) is 4. The van der Waals surface area contributed by atoms with Gasteiger partial charge >= 0.3 is 0 Å². The summed E-state index contributed by atoms with van der Waals surface area (Å²) < 4.78 is 11.0. The van der Waals surface area contributed by atoms with Crippen LogP contribution in [0.2, 0.25) is 5.02 Å². The van der Waals surface area contributed by atoms with Crippen molar-refractivity contribution in [2.75, 3.05) is 7.11 Å². The first kappa shape index (κ1) is 14.2. The average molecular weight is 292 g/mol. The Morgan fingerprint density at radius 3 is 2.55 bits per heavy atom. The number of nitrogens with zero attached hydrogens (tertiary/aromatic N) is 1. The summed E-state index contributed by atoms with van der Waals surface area (Å²) in [5.74, 6) is 1.20. The van der Waals surface area contributed by atoms with Crippen molar-refractivity contribution in [2.45, 2.75) is 6.61 Å². The van der Waals surface area contributed by atoms with Crippen LogP contribution in [0.1, 0.15) is 11.1 Å². The first-order valence-corrected chi connectivity index (χ1v) is 6.33. The van der Waals surface area contributed by atoms with Crippen molar-refractivity contribution in [3.8, 4) is 11.5 Å². The van der Waals surface area contributed by atoms with Gasteiger partial charge in [0.2, 0.25) is 0 Å². The Morgan fingerprint density at radius 2 is 1.90 bits per heavy atom. The van der Waals surface area contributed by atoms with Crippen molar-refractivity contribution in [1.82, 2.24) is 0 Å². The second-order valence-electron chi connectivity index (χ2n) is 4.07. The van der Waals surface area contributed by atoms with Crippen LogP contribution in [0.4, 0.5) is 0 Å². The van der Waals surface area contributed by atoms with E-state index in [1.54, 1.807) is 25.3 Å². The lowest BCUT2D eigenvalue weighted by molar-refractivity contribution is 0.284. The predicted octanol–water partition coefficient (Wildman–Crippen LogP) is 3.74. The SMILES string of the molecule is COc1ccc(/C=N\O)cc1OCc1ccc(Cl)cc1. The molecule has 0 aliphatic heterocycles. The quantitative estimate of drug-likeness (QED) is 0.519. The fourth-order valence-electron chi connectivity index (χ4n) is 1.69.